The Morgan fingerprint density at radius 3 is 2.87 bits per heavy atom. The first-order chi connectivity index (χ1) is 7.24. The van der Waals surface area contributed by atoms with Crippen molar-refractivity contribution in [2.45, 2.75) is 19.9 Å². The normalized spacial score (nSPS) is 9.47. The van der Waals surface area contributed by atoms with Gasteiger partial charge in [-0.05, 0) is 11.1 Å². The number of carbonyl (C=O) groups excluding carboxylic acids is 1. The van der Waals surface area contributed by atoms with Gasteiger partial charge in [-0.25, -0.2) is 0 Å². The van der Waals surface area contributed by atoms with Crippen LogP contribution in [0.2, 0.25) is 0 Å². The average molecular weight is 204 g/mol. The largest absolute Gasteiger partial charge is 0.326 e. The highest BCUT2D eigenvalue weighted by molar-refractivity contribution is 6.00. The molecule has 0 amide bonds. The molecule has 0 saturated carbocycles. The molecule has 1 rings (SSSR count). The molecule has 0 aliphatic carbocycles. The van der Waals surface area contributed by atoms with Crippen molar-refractivity contribution < 1.29 is 4.79 Å². The maximum atomic E-state index is 11.6. The van der Waals surface area contributed by atoms with Crippen LogP contribution < -0.4 is 5.73 Å². The Balaban J connectivity index is 3.37. The van der Waals surface area contributed by atoms with Gasteiger partial charge in [-0.15, -0.1) is 0 Å². The lowest BCUT2D eigenvalue weighted by atomic mass is 10.0. The number of hydrogen-bond acceptors (Lipinski definition) is 3. The lowest BCUT2D eigenvalue weighted by Crippen LogP contribution is -2.02. The first kappa shape index (κ1) is 11.2. The number of hydrogen-bond donors (Lipinski definition) is 1. The Kier molecular flexibility index (Phi) is 3.85. The predicted octanol–water partition coefficient (Wildman–Crippen LogP) is 2.68. The summed E-state index contributed by atoms with van der Waals surface area (Å²) in [5, 5.41) is 3.53. The lowest BCUT2D eigenvalue weighted by Gasteiger charge is -2.07. The van der Waals surface area contributed by atoms with Crippen LogP contribution in [-0.2, 0) is 6.54 Å². The first-order valence-electron chi connectivity index (χ1n) is 4.64. The number of benzene rings is 1. The maximum absolute atomic E-state index is 11.6. The zero-order chi connectivity index (χ0) is 11.3. The number of rotatable bonds is 4. The van der Waals surface area contributed by atoms with E-state index in [-0.39, 0.29) is 12.3 Å². The molecule has 0 heterocycles. The molecule has 0 aromatic heterocycles. The predicted molar refractivity (Wildman–Crippen MR) is 57.8 cm³/mol. The monoisotopic (exact) mass is 204 g/mol. The minimum Gasteiger partial charge on any atom is -0.326 e. The minimum atomic E-state index is -0.0484. The van der Waals surface area contributed by atoms with Crippen LogP contribution in [0.25, 0.3) is 10.4 Å². The number of ketones is 1. The van der Waals surface area contributed by atoms with Gasteiger partial charge in [0.15, 0.2) is 5.78 Å². The standard InChI is InChI=1S/C10H12N4O/c1-2-9(15)8-5-3-4-7(6-11)10(8)13-14-12/h3-5H,2,6,11H2,1H3. The minimum absolute atomic E-state index is 0.0484. The topological polar surface area (TPSA) is 91.9 Å². The highest BCUT2D eigenvalue weighted by atomic mass is 16.1. The summed E-state index contributed by atoms with van der Waals surface area (Å²) >= 11 is 0. The number of nitrogens with zero attached hydrogens (tertiary/aromatic N) is 3. The van der Waals surface area contributed by atoms with Gasteiger partial charge in [-0.1, -0.05) is 30.2 Å². The van der Waals surface area contributed by atoms with Crippen molar-refractivity contribution in [2.24, 2.45) is 10.8 Å². The summed E-state index contributed by atoms with van der Waals surface area (Å²) in [6.07, 6.45) is 0.377. The summed E-state index contributed by atoms with van der Waals surface area (Å²) in [7, 11) is 0. The van der Waals surface area contributed by atoms with E-state index < -0.39 is 0 Å². The second kappa shape index (κ2) is 5.14. The molecule has 1 aromatic carbocycles. The van der Waals surface area contributed by atoms with Crippen LogP contribution >= 0.6 is 0 Å². The van der Waals surface area contributed by atoms with Gasteiger partial charge < -0.3 is 5.73 Å². The molecule has 0 bridgehead atoms. The van der Waals surface area contributed by atoms with E-state index in [0.29, 0.717) is 23.2 Å². The summed E-state index contributed by atoms with van der Waals surface area (Å²) < 4.78 is 0. The van der Waals surface area contributed by atoms with Gasteiger partial charge in [0.1, 0.15) is 0 Å². The Bertz CT molecular complexity index is 421. The van der Waals surface area contributed by atoms with Gasteiger partial charge in [-0.2, -0.15) is 0 Å². The second-order valence-electron chi connectivity index (χ2n) is 2.98. The molecule has 0 radical (unpaired) electrons. The lowest BCUT2D eigenvalue weighted by molar-refractivity contribution is 0.0989. The highest BCUT2D eigenvalue weighted by Crippen LogP contribution is 2.25. The number of Topliss-reactive ketones (excluding diaryl/α,β-unsaturated/α-hetero) is 1. The third kappa shape index (κ3) is 2.34. The SMILES string of the molecule is CCC(=O)c1cccc(CN)c1N=[N+]=[N-]. The zero-order valence-corrected chi connectivity index (χ0v) is 8.47. The molecule has 1 aromatic rings. The van der Waals surface area contributed by atoms with E-state index in [2.05, 4.69) is 10.0 Å². The quantitative estimate of drug-likeness (QED) is 0.353. The smallest absolute Gasteiger partial charge is 0.163 e. The van der Waals surface area contributed by atoms with Crippen molar-refractivity contribution in [3.63, 3.8) is 0 Å². The third-order valence-electron chi connectivity index (χ3n) is 2.11. The van der Waals surface area contributed by atoms with Gasteiger partial charge in [0, 0.05) is 23.4 Å². The maximum Gasteiger partial charge on any atom is 0.163 e. The van der Waals surface area contributed by atoms with Gasteiger partial charge in [-0.3, -0.25) is 4.79 Å². The van der Waals surface area contributed by atoms with E-state index in [1.165, 1.54) is 0 Å². The van der Waals surface area contributed by atoms with Crippen molar-refractivity contribution in [3.05, 3.63) is 39.8 Å². The Morgan fingerprint density at radius 1 is 1.60 bits per heavy atom. The molecule has 0 fully saturated rings. The van der Waals surface area contributed by atoms with Crippen LogP contribution in [0.4, 0.5) is 5.69 Å². The molecule has 5 nitrogen and oxygen atoms in total. The summed E-state index contributed by atoms with van der Waals surface area (Å²) in [4.78, 5) is 14.3. The Labute approximate surface area is 87.5 Å². The molecule has 0 saturated heterocycles. The number of nitrogens with two attached hydrogens (primary N) is 1. The highest BCUT2D eigenvalue weighted by Gasteiger charge is 2.11. The van der Waals surface area contributed by atoms with Crippen molar-refractivity contribution in [2.75, 3.05) is 0 Å². The average Bonchev–Trinajstić information content (AvgIpc) is 2.28. The fraction of sp³-hybridized carbons (Fsp3) is 0.300. The Hall–Kier alpha value is -1.84. The van der Waals surface area contributed by atoms with Gasteiger partial charge in [0.2, 0.25) is 0 Å². The summed E-state index contributed by atoms with van der Waals surface area (Å²) in [5.74, 6) is -0.0484. The molecule has 0 atom stereocenters. The first-order valence-corrected chi connectivity index (χ1v) is 4.64. The van der Waals surface area contributed by atoms with Crippen LogP contribution in [0.15, 0.2) is 23.3 Å². The van der Waals surface area contributed by atoms with Gasteiger partial charge >= 0.3 is 0 Å². The van der Waals surface area contributed by atoms with Crippen molar-refractivity contribution in [1.82, 2.24) is 0 Å². The summed E-state index contributed by atoms with van der Waals surface area (Å²) in [6, 6.07) is 5.13. The molecule has 2 N–H and O–H groups in total. The second-order valence-corrected chi connectivity index (χ2v) is 2.98. The summed E-state index contributed by atoms with van der Waals surface area (Å²) in [6.45, 7) is 2.01. The van der Waals surface area contributed by atoms with Gasteiger partial charge in [0.05, 0.1) is 5.69 Å². The molecule has 15 heavy (non-hydrogen) atoms. The fourth-order valence-electron chi connectivity index (χ4n) is 1.33. The molecule has 0 spiro atoms. The van der Waals surface area contributed by atoms with Crippen LogP contribution in [-0.4, -0.2) is 5.78 Å². The summed E-state index contributed by atoms with van der Waals surface area (Å²) in [5.41, 5.74) is 15.4. The van der Waals surface area contributed by atoms with Gasteiger partial charge in [0.25, 0.3) is 0 Å². The number of azide groups is 1. The molecule has 0 aliphatic rings. The van der Waals surface area contributed by atoms with Crippen LogP contribution in [0.5, 0.6) is 0 Å². The van der Waals surface area contributed by atoms with Crippen molar-refractivity contribution in [3.8, 4) is 0 Å². The molecule has 78 valence electrons. The van der Waals surface area contributed by atoms with E-state index in [0.717, 1.165) is 0 Å². The molecule has 0 aliphatic heterocycles. The van der Waals surface area contributed by atoms with E-state index in [4.69, 9.17) is 11.3 Å². The van der Waals surface area contributed by atoms with Crippen molar-refractivity contribution in [1.29, 1.82) is 0 Å². The molecule has 0 unspecified atom stereocenters. The van der Waals surface area contributed by atoms with E-state index in [9.17, 15) is 4.79 Å². The van der Waals surface area contributed by atoms with E-state index in [1.807, 2.05) is 0 Å². The Morgan fingerprint density at radius 2 is 2.33 bits per heavy atom. The van der Waals surface area contributed by atoms with Crippen LogP contribution in [0, 0.1) is 0 Å². The molecule has 5 heteroatoms. The molecular formula is C10H12N4O. The third-order valence-corrected chi connectivity index (χ3v) is 2.11. The van der Waals surface area contributed by atoms with Crippen LogP contribution in [0.1, 0.15) is 29.3 Å². The van der Waals surface area contributed by atoms with Crippen molar-refractivity contribution >= 4 is 11.5 Å². The van der Waals surface area contributed by atoms with E-state index >= 15 is 0 Å². The number of carbonyl (C=O) groups is 1. The van der Waals surface area contributed by atoms with E-state index in [1.54, 1.807) is 25.1 Å². The molecular weight excluding hydrogens is 192 g/mol. The van der Waals surface area contributed by atoms with Crippen LogP contribution in [0.3, 0.4) is 0 Å². The zero-order valence-electron chi connectivity index (χ0n) is 8.47. The fourth-order valence-corrected chi connectivity index (χ4v) is 1.33.